The van der Waals surface area contributed by atoms with Crippen molar-refractivity contribution in [1.82, 2.24) is 5.32 Å². The Morgan fingerprint density at radius 2 is 1.66 bits per heavy atom. The minimum Gasteiger partial charge on any atom is -0.494 e. The maximum absolute atomic E-state index is 12.7. The molecule has 0 radical (unpaired) electrons. The van der Waals surface area contributed by atoms with Crippen LogP contribution in [-0.4, -0.2) is 17.9 Å². The number of methoxy groups -OCH3 is 1. The number of ether oxygens (including phenoxy) is 1. The molecule has 0 saturated heterocycles. The summed E-state index contributed by atoms with van der Waals surface area (Å²) in [4.78, 5) is 23.1. The molecule has 8 nitrogen and oxygen atoms in total. The normalized spacial score (nSPS) is 10.8. The van der Waals surface area contributed by atoms with Crippen LogP contribution in [0.5, 0.6) is 5.75 Å². The number of anilines is 1. The Morgan fingerprint density at radius 3 is 2.16 bits per heavy atom. The molecule has 1 amide bonds. The van der Waals surface area contributed by atoms with Gasteiger partial charge in [0.05, 0.1) is 29.8 Å². The molecule has 0 aromatic heterocycles. The fraction of sp³-hybridized carbons (Fsp3) is 0.0833. The summed E-state index contributed by atoms with van der Waals surface area (Å²) in [6, 6.07) is 24.7. The number of amides is 1. The van der Waals surface area contributed by atoms with E-state index in [1.54, 1.807) is 0 Å². The van der Waals surface area contributed by atoms with E-state index in [1.165, 1.54) is 31.5 Å². The lowest BCUT2D eigenvalue weighted by atomic mass is 9.99. The Hall–Kier alpha value is -4.64. The number of hydrogen-bond donors (Lipinski definition) is 2. The predicted octanol–water partition coefficient (Wildman–Crippen LogP) is 4.33. The van der Waals surface area contributed by atoms with Crippen LogP contribution in [-0.2, 0) is 4.79 Å². The highest BCUT2D eigenvalue weighted by atomic mass is 16.6. The Labute approximate surface area is 184 Å². The van der Waals surface area contributed by atoms with Gasteiger partial charge in [-0.15, -0.1) is 0 Å². The van der Waals surface area contributed by atoms with Crippen LogP contribution in [0.3, 0.4) is 0 Å². The standard InChI is InChI=1S/C24H20N4O4/c1-32-22-14-20(28(30)31)12-13-21(22)27-24(29)19(15-25)16-26-23(17-8-4-2-5-9-17)18-10-6-3-7-11-18/h2-14,16,23,26H,1H3,(H,27,29)/b19-16-. The second kappa shape index (κ2) is 10.4. The van der Waals surface area contributed by atoms with Gasteiger partial charge < -0.3 is 15.4 Å². The summed E-state index contributed by atoms with van der Waals surface area (Å²) >= 11 is 0. The summed E-state index contributed by atoms with van der Waals surface area (Å²) in [6.07, 6.45) is 1.36. The molecule has 0 unspecified atom stereocenters. The van der Waals surface area contributed by atoms with Crippen molar-refractivity contribution < 1.29 is 14.5 Å². The Bertz CT molecular complexity index is 1130. The fourth-order valence-corrected chi connectivity index (χ4v) is 3.08. The number of nitrogens with one attached hydrogen (secondary N) is 2. The second-order valence-corrected chi connectivity index (χ2v) is 6.69. The van der Waals surface area contributed by atoms with E-state index in [9.17, 15) is 20.2 Å². The van der Waals surface area contributed by atoms with Gasteiger partial charge in [0, 0.05) is 12.3 Å². The van der Waals surface area contributed by atoms with Gasteiger partial charge in [-0.25, -0.2) is 0 Å². The summed E-state index contributed by atoms with van der Waals surface area (Å²) in [5, 5.41) is 26.2. The number of carbonyl (C=O) groups is 1. The van der Waals surface area contributed by atoms with E-state index < -0.39 is 10.8 Å². The van der Waals surface area contributed by atoms with E-state index in [-0.39, 0.29) is 28.7 Å². The molecular weight excluding hydrogens is 408 g/mol. The second-order valence-electron chi connectivity index (χ2n) is 6.69. The van der Waals surface area contributed by atoms with Crippen molar-refractivity contribution in [1.29, 1.82) is 5.26 Å². The molecule has 2 N–H and O–H groups in total. The van der Waals surface area contributed by atoms with Gasteiger partial charge in [0.2, 0.25) is 0 Å². The highest BCUT2D eigenvalue weighted by Gasteiger charge is 2.17. The Balaban J connectivity index is 1.84. The van der Waals surface area contributed by atoms with E-state index >= 15 is 0 Å². The van der Waals surface area contributed by atoms with E-state index in [0.717, 1.165) is 11.1 Å². The highest BCUT2D eigenvalue weighted by molar-refractivity contribution is 6.07. The molecular formula is C24H20N4O4. The molecule has 0 spiro atoms. The first kappa shape index (κ1) is 22.1. The molecule has 32 heavy (non-hydrogen) atoms. The van der Waals surface area contributed by atoms with Gasteiger partial charge >= 0.3 is 0 Å². The summed E-state index contributed by atoms with van der Waals surface area (Å²) < 4.78 is 5.13. The van der Waals surface area contributed by atoms with Crippen LogP contribution in [0, 0.1) is 21.4 Å². The highest BCUT2D eigenvalue weighted by Crippen LogP contribution is 2.29. The van der Waals surface area contributed by atoms with Crippen molar-refractivity contribution in [2.75, 3.05) is 12.4 Å². The molecule has 8 heteroatoms. The Kier molecular flexibility index (Phi) is 7.17. The third kappa shape index (κ3) is 5.29. The van der Waals surface area contributed by atoms with E-state index in [1.807, 2.05) is 66.7 Å². The zero-order valence-corrected chi connectivity index (χ0v) is 17.2. The van der Waals surface area contributed by atoms with Gasteiger partial charge in [-0.3, -0.25) is 14.9 Å². The van der Waals surface area contributed by atoms with Crippen LogP contribution in [0.2, 0.25) is 0 Å². The van der Waals surface area contributed by atoms with Gasteiger partial charge in [0.15, 0.2) is 0 Å². The quantitative estimate of drug-likeness (QED) is 0.239. The molecule has 3 rings (SSSR count). The van der Waals surface area contributed by atoms with Crippen molar-refractivity contribution in [2.24, 2.45) is 0 Å². The van der Waals surface area contributed by atoms with Crippen LogP contribution in [0.1, 0.15) is 17.2 Å². The largest absolute Gasteiger partial charge is 0.494 e. The van der Waals surface area contributed by atoms with Gasteiger partial charge in [0.1, 0.15) is 17.4 Å². The van der Waals surface area contributed by atoms with Crippen LogP contribution in [0.15, 0.2) is 90.6 Å². The molecule has 0 aliphatic heterocycles. The van der Waals surface area contributed by atoms with Gasteiger partial charge in [-0.1, -0.05) is 60.7 Å². The summed E-state index contributed by atoms with van der Waals surface area (Å²) in [5.74, 6) is -0.559. The van der Waals surface area contributed by atoms with Crippen molar-refractivity contribution in [3.63, 3.8) is 0 Å². The third-order valence-electron chi connectivity index (χ3n) is 4.67. The average Bonchev–Trinajstić information content (AvgIpc) is 2.83. The number of hydrogen-bond acceptors (Lipinski definition) is 6. The number of nitro groups is 1. The first-order valence-corrected chi connectivity index (χ1v) is 9.63. The number of nitro benzene ring substituents is 1. The smallest absolute Gasteiger partial charge is 0.273 e. The number of non-ortho nitro benzene ring substituents is 1. The molecule has 160 valence electrons. The zero-order chi connectivity index (χ0) is 22.9. The maximum atomic E-state index is 12.7. The van der Waals surface area contributed by atoms with E-state index in [4.69, 9.17) is 4.74 Å². The third-order valence-corrected chi connectivity index (χ3v) is 4.67. The first-order chi connectivity index (χ1) is 15.5. The van der Waals surface area contributed by atoms with Crippen molar-refractivity contribution >= 4 is 17.3 Å². The topological polar surface area (TPSA) is 117 Å². The molecule has 0 saturated carbocycles. The monoisotopic (exact) mass is 428 g/mol. The molecule has 0 fully saturated rings. The van der Waals surface area contributed by atoms with E-state index in [2.05, 4.69) is 10.6 Å². The lowest BCUT2D eigenvalue weighted by molar-refractivity contribution is -0.384. The minimum atomic E-state index is -0.674. The van der Waals surface area contributed by atoms with Crippen molar-refractivity contribution in [3.05, 3.63) is 112 Å². The zero-order valence-electron chi connectivity index (χ0n) is 17.2. The first-order valence-electron chi connectivity index (χ1n) is 9.63. The molecule has 3 aromatic rings. The summed E-state index contributed by atoms with van der Waals surface area (Å²) in [7, 11) is 1.33. The minimum absolute atomic E-state index is 0.115. The Morgan fingerprint density at radius 1 is 1.06 bits per heavy atom. The average molecular weight is 428 g/mol. The number of nitriles is 1. The summed E-state index contributed by atoms with van der Waals surface area (Å²) in [5.41, 5.74) is 1.80. The van der Waals surface area contributed by atoms with Crippen LogP contribution in [0.25, 0.3) is 0 Å². The number of benzene rings is 3. The number of nitrogens with zero attached hydrogens (tertiary/aromatic N) is 2. The molecule has 0 bridgehead atoms. The number of rotatable bonds is 8. The predicted molar refractivity (Wildman–Crippen MR) is 120 cm³/mol. The van der Waals surface area contributed by atoms with E-state index in [0.29, 0.717) is 0 Å². The van der Waals surface area contributed by atoms with Crippen LogP contribution < -0.4 is 15.4 Å². The molecule has 0 aliphatic rings. The summed E-state index contributed by atoms with van der Waals surface area (Å²) in [6.45, 7) is 0. The van der Waals surface area contributed by atoms with Gasteiger partial charge in [-0.05, 0) is 17.2 Å². The lowest BCUT2D eigenvalue weighted by Gasteiger charge is -2.19. The van der Waals surface area contributed by atoms with Crippen LogP contribution >= 0.6 is 0 Å². The molecule has 0 aliphatic carbocycles. The molecule has 3 aromatic carbocycles. The lowest BCUT2D eigenvalue weighted by Crippen LogP contribution is -2.21. The van der Waals surface area contributed by atoms with Crippen molar-refractivity contribution in [3.8, 4) is 11.8 Å². The molecule has 0 atom stereocenters. The maximum Gasteiger partial charge on any atom is 0.273 e. The van der Waals surface area contributed by atoms with Gasteiger partial charge in [-0.2, -0.15) is 5.26 Å². The van der Waals surface area contributed by atoms with Gasteiger partial charge in [0.25, 0.3) is 11.6 Å². The fourth-order valence-electron chi connectivity index (χ4n) is 3.08. The SMILES string of the molecule is COc1cc([N+](=O)[O-])ccc1NC(=O)/C(C#N)=C\NC(c1ccccc1)c1ccccc1. The van der Waals surface area contributed by atoms with Crippen molar-refractivity contribution in [2.45, 2.75) is 6.04 Å². The molecule has 0 heterocycles. The number of carbonyl (C=O) groups excluding carboxylic acids is 1. The van der Waals surface area contributed by atoms with Crippen LogP contribution in [0.4, 0.5) is 11.4 Å².